The van der Waals surface area contributed by atoms with Gasteiger partial charge in [-0.15, -0.1) is 5.10 Å². The highest BCUT2D eigenvalue weighted by Crippen LogP contribution is 2.32. The molecule has 2 aromatic carbocycles. The molecule has 0 saturated heterocycles. The molecule has 2 N–H and O–H groups in total. The van der Waals surface area contributed by atoms with E-state index in [1.165, 1.54) is 28.9 Å². The Morgan fingerprint density at radius 3 is 2.61 bits per heavy atom. The molecule has 0 aliphatic heterocycles. The van der Waals surface area contributed by atoms with E-state index in [4.69, 9.17) is 0 Å². The van der Waals surface area contributed by atoms with Crippen LogP contribution >= 0.6 is 0 Å². The van der Waals surface area contributed by atoms with E-state index >= 15 is 0 Å². The third kappa shape index (κ3) is 3.98. The zero-order chi connectivity index (χ0) is 20.5. The second-order valence-corrected chi connectivity index (χ2v) is 6.31. The monoisotopic (exact) mass is 390 g/mol. The van der Waals surface area contributed by atoms with E-state index in [-0.39, 0.29) is 29.2 Å². The van der Waals surface area contributed by atoms with Crippen molar-refractivity contribution in [2.24, 2.45) is 0 Å². The number of aromatic hydroxyl groups is 1. The molecular weight excluding hydrogens is 373 g/mol. The molecule has 1 aromatic heterocycles. The molecule has 0 aliphatic rings. The molecule has 0 radical (unpaired) electrons. The van der Waals surface area contributed by atoms with Gasteiger partial charge in [0.25, 0.3) is 5.91 Å². The number of carbonyl (C=O) groups excluding carboxylic acids is 1. The summed E-state index contributed by atoms with van der Waals surface area (Å²) in [6.07, 6.45) is -4.49. The summed E-state index contributed by atoms with van der Waals surface area (Å²) >= 11 is 0. The quantitative estimate of drug-likeness (QED) is 0.662. The number of nitrogens with one attached hydrogen (secondary N) is 1. The topological polar surface area (TPSA) is 80.0 Å². The number of phenols is 1. The lowest BCUT2D eigenvalue weighted by molar-refractivity contribution is -0.138. The number of aromatic nitrogens is 3. The van der Waals surface area contributed by atoms with Crippen LogP contribution in [0.5, 0.6) is 5.75 Å². The number of hydrogen-bond donors (Lipinski definition) is 2. The van der Waals surface area contributed by atoms with Gasteiger partial charge in [-0.3, -0.25) is 4.79 Å². The van der Waals surface area contributed by atoms with Crippen LogP contribution in [-0.2, 0) is 12.7 Å². The lowest BCUT2D eigenvalue weighted by atomic mass is 10.1. The average molecular weight is 390 g/mol. The first-order valence-corrected chi connectivity index (χ1v) is 8.33. The normalized spacial score (nSPS) is 11.5. The molecular formula is C19H17F3N4O2. The lowest BCUT2D eigenvalue weighted by Gasteiger charge is -2.13. The van der Waals surface area contributed by atoms with Crippen molar-refractivity contribution in [1.29, 1.82) is 0 Å². The Labute approximate surface area is 158 Å². The Morgan fingerprint density at radius 2 is 1.89 bits per heavy atom. The van der Waals surface area contributed by atoms with Crippen LogP contribution in [0.2, 0.25) is 0 Å². The van der Waals surface area contributed by atoms with Gasteiger partial charge in [-0.25, -0.2) is 4.68 Å². The number of carbonyl (C=O) groups is 1. The van der Waals surface area contributed by atoms with Crippen LogP contribution in [0.4, 0.5) is 18.9 Å². The number of rotatable bonds is 4. The predicted molar refractivity (Wildman–Crippen MR) is 96.1 cm³/mol. The Bertz CT molecular complexity index is 1030. The zero-order valence-corrected chi connectivity index (χ0v) is 15.1. The van der Waals surface area contributed by atoms with Crippen LogP contribution in [-0.4, -0.2) is 26.0 Å². The van der Waals surface area contributed by atoms with Gasteiger partial charge in [-0.2, -0.15) is 13.2 Å². The first kappa shape index (κ1) is 19.4. The van der Waals surface area contributed by atoms with Crippen molar-refractivity contribution < 1.29 is 23.1 Å². The molecule has 146 valence electrons. The molecule has 0 aliphatic carbocycles. The van der Waals surface area contributed by atoms with Crippen molar-refractivity contribution in [2.45, 2.75) is 26.6 Å². The summed E-state index contributed by atoms with van der Waals surface area (Å²) in [6, 6.07) is 9.89. The summed E-state index contributed by atoms with van der Waals surface area (Å²) in [5.41, 5.74) is 0.567. The number of phenolic OH excluding ortho intramolecular Hbond substituents is 1. The fourth-order valence-electron chi connectivity index (χ4n) is 2.75. The van der Waals surface area contributed by atoms with E-state index in [1.807, 2.05) is 0 Å². The molecule has 1 amide bonds. The summed E-state index contributed by atoms with van der Waals surface area (Å²) in [7, 11) is 0. The zero-order valence-electron chi connectivity index (χ0n) is 15.1. The second kappa shape index (κ2) is 7.34. The minimum Gasteiger partial charge on any atom is -0.506 e. The molecule has 28 heavy (non-hydrogen) atoms. The predicted octanol–water partition coefficient (Wildman–Crippen LogP) is 3.92. The molecule has 6 nitrogen and oxygen atoms in total. The van der Waals surface area contributed by atoms with E-state index in [0.29, 0.717) is 5.69 Å². The lowest BCUT2D eigenvalue weighted by Crippen LogP contribution is -2.15. The molecule has 9 heteroatoms. The van der Waals surface area contributed by atoms with Crippen molar-refractivity contribution in [3.63, 3.8) is 0 Å². The van der Waals surface area contributed by atoms with Crippen LogP contribution in [0.15, 0.2) is 42.5 Å². The molecule has 0 atom stereocenters. The Kier molecular flexibility index (Phi) is 5.08. The number of benzene rings is 2. The van der Waals surface area contributed by atoms with Gasteiger partial charge in [0.15, 0.2) is 5.69 Å². The summed E-state index contributed by atoms with van der Waals surface area (Å²) in [6.45, 7) is 3.16. The van der Waals surface area contributed by atoms with Crippen molar-refractivity contribution in [3.8, 4) is 5.75 Å². The van der Waals surface area contributed by atoms with Crippen molar-refractivity contribution in [1.82, 2.24) is 15.0 Å². The number of aryl methyl sites for hydroxylation is 1. The molecule has 3 rings (SSSR count). The Hall–Kier alpha value is -3.36. The Balaban J connectivity index is 1.85. The third-order valence-electron chi connectivity index (χ3n) is 4.24. The van der Waals surface area contributed by atoms with E-state index in [0.717, 1.165) is 11.6 Å². The van der Waals surface area contributed by atoms with Crippen LogP contribution < -0.4 is 5.32 Å². The number of anilines is 1. The maximum atomic E-state index is 13.2. The van der Waals surface area contributed by atoms with Gasteiger partial charge in [0.2, 0.25) is 0 Å². The molecule has 0 bridgehead atoms. The molecule has 0 saturated carbocycles. The van der Waals surface area contributed by atoms with Gasteiger partial charge in [0.1, 0.15) is 5.75 Å². The van der Waals surface area contributed by atoms with Gasteiger partial charge in [-0.05, 0) is 43.2 Å². The summed E-state index contributed by atoms with van der Waals surface area (Å²) in [5, 5.41) is 20.0. The highest BCUT2D eigenvalue weighted by atomic mass is 19.4. The second-order valence-electron chi connectivity index (χ2n) is 6.31. The van der Waals surface area contributed by atoms with Gasteiger partial charge >= 0.3 is 6.18 Å². The number of nitrogens with zero attached hydrogens (tertiary/aromatic N) is 3. The number of amides is 1. The van der Waals surface area contributed by atoms with Crippen molar-refractivity contribution in [3.05, 3.63) is 70.5 Å². The van der Waals surface area contributed by atoms with E-state index < -0.39 is 17.6 Å². The SMILES string of the molecule is Cc1ccc(O)c(NC(=O)c2nnn(Cc3ccccc3C(F)(F)F)c2C)c1. The van der Waals surface area contributed by atoms with Gasteiger partial charge in [0, 0.05) is 0 Å². The van der Waals surface area contributed by atoms with Crippen molar-refractivity contribution >= 4 is 11.6 Å². The van der Waals surface area contributed by atoms with Crippen LogP contribution in [0.1, 0.15) is 32.9 Å². The fraction of sp³-hybridized carbons (Fsp3) is 0.211. The molecule has 0 spiro atoms. The Morgan fingerprint density at radius 1 is 1.18 bits per heavy atom. The minimum absolute atomic E-state index is 0.0197. The molecule has 0 fully saturated rings. The number of hydrogen-bond acceptors (Lipinski definition) is 4. The molecule has 1 heterocycles. The van der Waals surface area contributed by atoms with Gasteiger partial charge < -0.3 is 10.4 Å². The van der Waals surface area contributed by atoms with Gasteiger partial charge in [-0.1, -0.05) is 29.5 Å². The minimum atomic E-state index is -4.49. The van der Waals surface area contributed by atoms with Crippen LogP contribution in [0, 0.1) is 13.8 Å². The van der Waals surface area contributed by atoms with Crippen LogP contribution in [0.3, 0.4) is 0 Å². The number of halogens is 3. The van der Waals surface area contributed by atoms with E-state index in [1.54, 1.807) is 26.0 Å². The fourth-order valence-corrected chi connectivity index (χ4v) is 2.75. The highest BCUT2D eigenvalue weighted by molar-refractivity contribution is 6.04. The van der Waals surface area contributed by atoms with Gasteiger partial charge in [0.05, 0.1) is 23.5 Å². The molecule has 0 unspecified atom stereocenters. The standard InChI is InChI=1S/C19H17F3N4O2/c1-11-7-8-16(27)15(9-11)23-18(28)17-12(2)26(25-24-17)10-13-5-3-4-6-14(13)19(20,21)22/h3-9,27H,10H2,1-2H3,(H,23,28). The van der Waals surface area contributed by atoms with Crippen LogP contribution in [0.25, 0.3) is 0 Å². The molecule has 3 aromatic rings. The van der Waals surface area contributed by atoms with E-state index in [2.05, 4.69) is 15.6 Å². The third-order valence-corrected chi connectivity index (χ3v) is 4.24. The summed E-state index contributed by atoms with van der Waals surface area (Å²) in [4.78, 5) is 12.5. The van der Waals surface area contributed by atoms with Crippen molar-refractivity contribution in [2.75, 3.05) is 5.32 Å². The summed E-state index contributed by atoms with van der Waals surface area (Å²) < 4.78 is 40.7. The number of alkyl halides is 3. The first-order valence-electron chi connectivity index (χ1n) is 8.33. The average Bonchev–Trinajstić information content (AvgIpc) is 2.98. The largest absolute Gasteiger partial charge is 0.506 e. The maximum Gasteiger partial charge on any atom is 0.416 e. The smallest absolute Gasteiger partial charge is 0.416 e. The van der Waals surface area contributed by atoms with E-state index in [9.17, 15) is 23.1 Å². The highest BCUT2D eigenvalue weighted by Gasteiger charge is 2.33. The maximum absolute atomic E-state index is 13.2. The first-order chi connectivity index (χ1) is 13.2. The summed E-state index contributed by atoms with van der Waals surface area (Å²) in [5.74, 6) is -0.725.